The number of aromatic nitrogens is 1. The highest BCUT2D eigenvalue weighted by Crippen LogP contribution is 2.25. The summed E-state index contributed by atoms with van der Waals surface area (Å²) in [5, 5.41) is 3.91. The summed E-state index contributed by atoms with van der Waals surface area (Å²) in [6.07, 6.45) is 0. The first-order valence-corrected chi connectivity index (χ1v) is 7.19. The van der Waals surface area contributed by atoms with Crippen molar-refractivity contribution in [1.29, 1.82) is 0 Å². The van der Waals surface area contributed by atoms with Crippen molar-refractivity contribution in [2.45, 2.75) is 13.0 Å². The lowest BCUT2D eigenvalue weighted by Gasteiger charge is -2.32. The largest absolute Gasteiger partial charge is 0.497 e. The van der Waals surface area contributed by atoms with Gasteiger partial charge in [0, 0.05) is 18.2 Å². The molecule has 22 heavy (non-hydrogen) atoms. The second kappa shape index (κ2) is 6.19. The molecule has 116 valence electrons. The van der Waals surface area contributed by atoms with E-state index in [2.05, 4.69) is 5.16 Å². The average molecular weight is 302 g/mol. The van der Waals surface area contributed by atoms with E-state index in [0.29, 0.717) is 31.2 Å². The number of hydrogen-bond acceptors (Lipinski definition) is 5. The third-order valence-corrected chi connectivity index (χ3v) is 3.71. The molecule has 2 heterocycles. The van der Waals surface area contributed by atoms with E-state index in [0.717, 1.165) is 11.3 Å². The Bertz CT molecular complexity index is 668. The number of morpholine rings is 1. The Labute approximate surface area is 128 Å². The highest BCUT2D eigenvalue weighted by atomic mass is 16.5. The van der Waals surface area contributed by atoms with Crippen LogP contribution in [0.1, 0.15) is 17.4 Å². The Morgan fingerprint density at radius 2 is 2.27 bits per heavy atom. The minimum Gasteiger partial charge on any atom is -0.497 e. The van der Waals surface area contributed by atoms with Crippen molar-refractivity contribution in [2.24, 2.45) is 0 Å². The fraction of sp³-hybridized carbons (Fsp3) is 0.375. The lowest BCUT2D eigenvalue weighted by Crippen LogP contribution is -2.47. The first kappa shape index (κ1) is 14.6. The molecule has 0 saturated carbocycles. The molecule has 1 aromatic heterocycles. The van der Waals surface area contributed by atoms with Crippen molar-refractivity contribution in [3.05, 3.63) is 36.0 Å². The lowest BCUT2D eigenvalue weighted by atomic mass is 10.1. The Morgan fingerprint density at radius 1 is 1.41 bits per heavy atom. The van der Waals surface area contributed by atoms with Crippen LogP contribution in [0.3, 0.4) is 0 Å². The third kappa shape index (κ3) is 2.82. The van der Waals surface area contributed by atoms with E-state index in [1.165, 1.54) is 0 Å². The van der Waals surface area contributed by atoms with E-state index in [4.69, 9.17) is 14.0 Å². The van der Waals surface area contributed by atoms with Gasteiger partial charge in [0.1, 0.15) is 5.75 Å². The molecule has 1 aliphatic rings. The van der Waals surface area contributed by atoms with E-state index in [-0.39, 0.29) is 11.9 Å². The van der Waals surface area contributed by atoms with Gasteiger partial charge in [-0.2, -0.15) is 0 Å². The third-order valence-electron chi connectivity index (χ3n) is 3.71. The highest BCUT2D eigenvalue weighted by molar-refractivity contribution is 5.93. The number of benzene rings is 1. The van der Waals surface area contributed by atoms with Crippen LogP contribution in [-0.2, 0) is 4.74 Å². The average Bonchev–Trinajstić information content (AvgIpc) is 3.05. The molecule has 0 bridgehead atoms. The Kier molecular flexibility index (Phi) is 4.11. The fourth-order valence-electron chi connectivity index (χ4n) is 2.46. The molecule has 1 unspecified atom stereocenters. The predicted octanol–water partition coefficient (Wildman–Crippen LogP) is 2.21. The van der Waals surface area contributed by atoms with Crippen molar-refractivity contribution < 1.29 is 18.8 Å². The van der Waals surface area contributed by atoms with Gasteiger partial charge in [0.15, 0.2) is 11.5 Å². The number of methoxy groups -OCH3 is 1. The molecule has 1 atom stereocenters. The SMILES string of the molecule is COc1cccc(-c2cc(C(=O)N3CCOCC3C)no2)c1. The van der Waals surface area contributed by atoms with Gasteiger partial charge >= 0.3 is 0 Å². The van der Waals surface area contributed by atoms with E-state index < -0.39 is 0 Å². The highest BCUT2D eigenvalue weighted by Gasteiger charge is 2.27. The summed E-state index contributed by atoms with van der Waals surface area (Å²) in [5.74, 6) is 1.14. The number of rotatable bonds is 3. The van der Waals surface area contributed by atoms with E-state index in [9.17, 15) is 4.79 Å². The zero-order valence-electron chi connectivity index (χ0n) is 12.6. The van der Waals surface area contributed by atoms with Gasteiger partial charge in [0.2, 0.25) is 0 Å². The monoisotopic (exact) mass is 302 g/mol. The quantitative estimate of drug-likeness (QED) is 0.869. The molecule has 1 aliphatic heterocycles. The molecule has 0 spiro atoms. The van der Waals surface area contributed by atoms with Crippen LogP contribution in [0.2, 0.25) is 0 Å². The van der Waals surface area contributed by atoms with Gasteiger partial charge in [-0.05, 0) is 19.1 Å². The maximum Gasteiger partial charge on any atom is 0.276 e. The van der Waals surface area contributed by atoms with Crippen molar-refractivity contribution in [2.75, 3.05) is 26.9 Å². The first-order chi connectivity index (χ1) is 10.7. The number of hydrogen-bond donors (Lipinski definition) is 0. The maximum atomic E-state index is 12.5. The van der Waals surface area contributed by atoms with Gasteiger partial charge in [0.05, 0.1) is 26.4 Å². The van der Waals surface area contributed by atoms with Crippen molar-refractivity contribution >= 4 is 5.91 Å². The molecule has 6 nitrogen and oxygen atoms in total. The van der Waals surface area contributed by atoms with E-state index >= 15 is 0 Å². The number of carbonyl (C=O) groups is 1. The topological polar surface area (TPSA) is 64.8 Å². The van der Waals surface area contributed by atoms with Crippen LogP contribution in [0, 0.1) is 0 Å². The Hall–Kier alpha value is -2.34. The summed E-state index contributed by atoms with van der Waals surface area (Å²) in [7, 11) is 1.61. The van der Waals surface area contributed by atoms with Crippen LogP contribution >= 0.6 is 0 Å². The van der Waals surface area contributed by atoms with E-state index in [1.54, 1.807) is 18.1 Å². The number of ether oxygens (including phenoxy) is 2. The Balaban J connectivity index is 1.82. The Morgan fingerprint density at radius 3 is 3.05 bits per heavy atom. The number of carbonyl (C=O) groups excluding carboxylic acids is 1. The second-order valence-electron chi connectivity index (χ2n) is 5.23. The van der Waals surface area contributed by atoms with Crippen molar-refractivity contribution in [3.8, 4) is 17.1 Å². The first-order valence-electron chi connectivity index (χ1n) is 7.19. The van der Waals surface area contributed by atoms with Crippen LogP contribution < -0.4 is 4.74 Å². The van der Waals surface area contributed by atoms with Gasteiger partial charge in [0.25, 0.3) is 5.91 Å². The molecule has 1 fully saturated rings. The molecular formula is C16H18N2O4. The van der Waals surface area contributed by atoms with Gasteiger partial charge in [-0.1, -0.05) is 17.3 Å². The summed E-state index contributed by atoms with van der Waals surface area (Å²) in [4.78, 5) is 14.3. The molecule has 0 N–H and O–H groups in total. The normalized spacial score (nSPS) is 18.3. The lowest BCUT2D eigenvalue weighted by molar-refractivity contribution is 0.00307. The van der Waals surface area contributed by atoms with E-state index in [1.807, 2.05) is 31.2 Å². The molecule has 3 rings (SSSR count). The fourth-order valence-corrected chi connectivity index (χ4v) is 2.46. The number of amides is 1. The van der Waals surface area contributed by atoms with Crippen molar-refractivity contribution in [3.63, 3.8) is 0 Å². The molecule has 6 heteroatoms. The second-order valence-corrected chi connectivity index (χ2v) is 5.23. The summed E-state index contributed by atoms with van der Waals surface area (Å²) >= 11 is 0. The van der Waals surface area contributed by atoms with Crippen LogP contribution in [0.15, 0.2) is 34.9 Å². The summed E-state index contributed by atoms with van der Waals surface area (Å²) in [6.45, 7) is 3.63. The van der Waals surface area contributed by atoms with Gasteiger partial charge in [-0.3, -0.25) is 4.79 Å². The molecule has 1 amide bonds. The van der Waals surface area contributed by atoms with Crippen LogP contribution in [0.5, 0.6) is 5.75 Å². The summed E-state index contributed by atoms with van der Waals surface area (Å²) in [5.41, 5.74) is 1.13. The zero-order chi connectivity index (χ0) is 15.5. The minimum absolute atomic E-state index is 0.0400. The predicted molar refractivity (Wildman–Crippen MR) is 79.8 cm³/mol. The molecule has 0 radical (unpaired) electrons. The van der Waals surface area contributed by atoms with Crippen LogP contribution in [-0.4, -0.2) is 48.9 Å². The zero-order valence-corrected chi connectivity index (χ0v) is 12.6. The van der Waals surface area contributed by atoms with Gasteiger partial charge in [-0.15, -0.1) is 0 Å². The van der Waals surface area contributed by atoms with Crippen LogP contribution in [0.25, 0.3) is 11.3 Å². The molecule has 0 aliphatic carbocycles. The maximum absolute atomic E-state index is 12.5. The number of nitrogens with zero attached hydrogens (tertiary/aromatic N) is 2. The standard InChI is InChI=1S/C16H18N2O4/c1-11-10-21-7-6-18(11)16(19)14-9-15(22-17-14)12-4-3-5-13(8-12)20-2/h3-5,8-9,11H,6-7,10H2,1-2H3. The smallest absolute Gasteiger partial charge is 0.276 e. The minimum atomic E-state index is -0.131. The summed E-state index contributed by atoms with van der Waals surface area (Å²) < 4.78 is 15.8. The van der Waals surface area contributed by atoms with Gasteiger partial charge in [-0.25, -0.2) is 0 Å². The molecule has 2 aromatic rings. The molecular weight excluding hydrogens is 284 g/mol. The molecule has 1 saturated heterocycles. The summed E-state index contributed by atoms with van der Waals surface area (Å²) in [6, 6.07) is 9.14. The van der Waals surface area contributed by atoms with Gasteiger partial charge < -0.3 is 18.9 Å². The molecule has 1 aromatic carbocycles. The van der Waals surface area contributed by atoms with Crippen LogP contribution in [0.4, 0.5) is 0 Å². The van der Waals surface area contributed by atoms with Crippen molar-refractivity contribution in [1.82, 2.24) is 10.1 Å².